The van der Waals surface area contributed by atoms with E-state index in [4.69, 9.17) is 5.26 Å². The summed E-state index contributed by atoms with van der Waals surface area (Å²) in [6.07, 6.45) is 2.79. The van der Waals surface area contributed by atoms with Crippen molar-refractivity contribution in [3.8, 4) is 6.07 Å². The van der Waals surface area contributed by atoms with Crippen LogP contribution < -0.4 is 5.43 Å². The Morgan fingerprint density at radius 2 is 2.15 bits per heavy atom. The molecule has 0 bridgehead atoms. The lowest BCUT2D eigenvalue weighted by atomic mass is 10.0. The zero-order valence-electron chi connectivity index (χ0n) is 7.07. The van der Waals surface area contributed by atoms with Crippen LogP contribution in [-0.4, -0.2) is 6.21 Å². The number of hydrogen-bond donors (Lipinski definition) is 1. The Morgan fingerprint density at radius 1 is 1.38 bits per heavy atom. The normalized spacial score (nSPS) is 19.5. The van der Waals surface area contributed by atoms with Gasteiger partial charge in [-0.2, -0.15) is 10.4 Å². The average molecular weight is 171 g/mol. The summed E-state index contributed by atoms with van der Waals surface area (Å²) in [5.74, 6) is 0. The van der Waals surface area contributed by atoms with Gasteiger partial charge in [0, 0.05) is 12.6 Å². The number of hydrogen-bond acceptors (Lipinski definition) is 3. The molecule has 13 heavy (non-hydrogen) atoms. The number of benzene rings is 1. The van der Waals surface area contributed by atoms with Crippen LogP contribution in [0.2, 0.25) is 0 Å². The molecule has 1 aliphatic heterocycles. The van der Waals surface area contributed by atoms with Crippen molar-refractivity contribution in [2.75, 3.05) is 0 Å². The summed E-state index contributed by atoms with van der Waals surface area (Å²) in [5.41, 5.74) is 4.87. The Kier molecular flexibility index (Phi) is 1.97. The number of nitriles is 1. The van der Waals surface area contributed by atoms with Gasteiger partial charge in [-0.25, -0.2) is 0 Å². The summed E-state index contributed by atoms with van der Waals surface area (Å²) < 4.78 is 0. The van der Waals surface area contributed by atoms with Gasteiger partial charge in [0.1, 0.15) is 0 Å². The molecule has 1 aromatic carbocycles. The fourth-order valence-electron chi connectivity index (χ4n) is 1.35. The summed E-state index contributed by atoms with van der Waals surface area (Å²) in [7, 11) is 0. The van der Waals surface area contributed by atoms with Gasteiger partial charge in [-0.15, -0.1) is 0 Å². The number of hydrazone groups is 1. The summed E-state index contributed by atoms with van der Waals surface area (Å²) in [5, 5.41) is 12.5. The standard InChI is InChI=1S/C10H9N3/c11-7-8-1-3-9(4-2-8)10-5-6-12-13-10/h1-4,6,10,13H,5H2. The van der Waals surface area contributed by atoms with Gasteiger partial charge in [-0.05, 0) is 17.7 Å². The fourth-order valence-corrected chi connectivity index (χ4v) is 1.35. The van der Waals surface area contributed by atoms with Gasteiger partial charge in [0.05, 0.1) is 17.7 Å². The zero-order chi connectivity index (χ0) is 9.10. The average Bonchev–Trinajstić information content (AvgIpc) is 2.71. The smallest absolute Gasteiger partial charge is 0.0991 e. The minimum Gasteiger partial charge on any atom is -0.303 e. The summed E-state index contributed by atoms with van der Waals surface area (Å²) in [4.78, 5) is 0. The number of nitrogens with one attached hydrogen (secondary N) is 1. The second kappa shape index (κ2) is 3.28. The molecule has 1 N–H and O–H groups in total. The maximum atomic E-state index is 8.60. The lowest BCUT2D eigenvalue weighted by Crippen LogP contribution is -2.09. The molecule has 0 radical (unpaired) electrons. The van der Waals surface area contributed by atoms with Crippen molar-refractivity contribution < 1.29 is 0 Å². The Balaban J connectivity index is 2.19. The Morgan fingerprint density at radius 3 is 2.69 bits per heavy atom. The lowest BCUT2D eigenvalue weighted by molar-refractivity contribution is 0.620. The maximum absolute atomic E-state index is 8.60. The molecule has 3 heteroatoms. The molecule has 0 spiro atoms. The molecule has 1 aromatic rings. The van der Waals surface area contributed by atoms with E-state index >= 15 is 0 Å². The third kappa shape index (κ3) is 1.52. The van der Waals surface area contributed by atoms with Crippen LogP contribution in [0.5, 0.6) is 0 Å². The van der Waals surface area contributed by atoms with Gasteiger partial charge in [0.2, 0.25) is 0 Å². The molecule has 3 nitrogen and oxygen atoms in total. The van der Waals surface area contributed by atoms with Gasteiger partial charge in [-0.3, -0.25) is 0 Å². The molecule has 1 heterocycles. The van der Waals surface area contributed by atoms with Crippen LogP contribution in [0.4, 0.5) is 0 Å². The Labute approximate surface area is 76.7 Å². The first-order valence-corrected chi connectivity index (χ1v) is 4.17. The first-order valence-electron chi connectivity index (χ1n) is 4.17. The third-order valence-corrected chi connectivity index (χ3v) is 2.10. The molecule has 1 unspecified atom stereocenters. The van der Waals surface area contributed by atoms with Gasteiger partial charge < -0.3 is 5.43 Å². The van der Waals surface area contributed by atoms with E-state index in [-0.39, 0.29) is 6.04 Å². The third-order valence-electron chi connectivity index (χ3n) is 2.10. The highest BCUT2D eigenvalue weighted by molar-refractivity contribution is 5.60. The predicted octanol–water partition coefficient (Wildman–Crippen LogP) is 1.58. The van der Waals surface area contributed by atoms with Gasteiger partial charge in [-0.1, -0.05) is 12.1 Å². The topological polar surface area (TPSA) is 48.2 Å². The van der Waals surface area contributed by atoms with E-state index < -0.39 is 0 Å². The number of rotatable bonds is 1. The molecule has 0 aliphatic carbocycles. The minimum atomic E-state index is 0.285. The van der Waals surface area contributed by atoms with Gasteiger partial charge in [0.25, 0.3) is 0 Å². The molecule has 0 aromatic heterocycles. The molecule has 0 amide bonds. The van der Waals surface area contributed by atoms with Crippen molar-refractivity contribution in [2.24, 2.45) is 5.10 Å². The van der Waals surface area contributed by atoms with Crippen LogP contribution in [0.15, 0.2) is 29.4 Å². The van der Waals surface area contributed by atoms with E-state index in [2.05, 4.69) is 16.6 Å². The Hall–Kier alpha value is -1.82. The largest absolute Gasteiger partial charge is 0.303 e. The summed E-state index contributed by atoms with van der Waals surface area (Å²) in [6.45, 7) is 0. The summed E-state index contributed by atoms with van der Waals surface area (Å²) >= 11 is 0. The first-order chi connectivity index (χ1) is 6.40. The lowest BCUT2D eigenvalue weighted by Gasteiger charge is -2.08. The zero-order valence-corrected chi connectivity index (χ0v) is 7.07. The molecular formula is C10H9N3. The highest BCUT2D eigenvalue weighted by Crippen LogP contribution is 2.18. The highest BCUT2D eigenvalue weighted by Gasteiger charge is 2.12. The number of nitrogens with zero attached hydrogens (tertiary/aromatic N) is 2. The van der Waals surface area contributed by atoms with E-state index in [0.29, 0.717) is 5.56 Å². The highest BCUT2D eigenvalue weighted by atomic mass is 15.3. The quantitative estimate of drug-likeness (QED) is 0.697. The van der Waals surface area contributed by atoms with Crippen LogP contribution in [0.1, 0.15) is 23.6 Å². The first kappa shape index (κ1) is 7.81. The SMILES string of the molecule is N#Cc1ccc(C2CC=NN2)cc1. The van der Waals surface area contributed by atoms with Crippen molar-refractivity contribution in [3.05, 3.63) is 35.4 Å². The second-order valence-electron chi connectivity index (χ2n) is 2.96. The predicted molar refractivity (Wildman–Crippen MR) is 50.1 cm³/mol. The van der Waals surface area contributed by atoms with Crippen LogP contribution in [0, 0.1) is 11.3 Å². The van der Waals surface area contributed by atoms with Crippen molar-refractivity contribution >= 4 is 6.21 Å². The molecular weight excluding hydrogens is 162 g/mol. The van der Waals surface area contributed by atoms with Crippen molar-refractivity contribution in [3.63, 3.8) is 0 Å². The van der Waals surface area contributed by atoms with E-state index in [1.165, 1.54) is 5.56 Å². The molecule has 1 aliphatic rings. The van der Waals surface area contributed by atoms with E-state index in [0.717, 1.165) is 6.42 Å². The van der Waals surface area contributed by atoms with E-state index in [1.807, 2.05) is 30.5 Å². The van der Waals surface area contributed by atoms with Crippen LogP contribution in [0.3, 0.4) is 0 Å². The molecule has 64 valence electrons. The maximum Gasteiger partial charge on any atom is 0.0991 e. The van der Waals surface area contributed by atoms with Crippen LogP contribution in [-0.2, 0) is 0 Å². The van der Waals surface area contributed by atoms with Crippen LogP contribution in [0.25, 0.3) is 0 Å². The van der Waals surface area contributed by atoms with Crippen molar-refractivity contribution in [1.82, 2.24) is 5.43 Å². The second-order valence-corrected chi connectivity index (χ2v) is 2.96. The Bertz CT molecular complexity index is 351. The van der Waals surface area contributed by atoms with Crippen molar-refractivity contribution in [1.29, 1.82) is 5.26 Å². The monoisotopic (exact) mass is 171 g/mol. The van der Waals surface area contributed by atoms with Gasteiger partial charge in [0.15, 0.2) is 0 Å². The molecule has 0 fully saturated rings. The van der Waals surface area contributed by atoms with E-state index in [1.54, 1.807) is 0 Å². The minimum absolute atomic E-state index is 0.285. The molecule has 2 rings (SSSR count). The fraction of sp³-hybridized carbons (Fsp3) is 0.200. The summed E-state index contributed by atoms with van der Waals surface area (Å²) in [6, 6.07) is 9.96. The molecule has 0 saturated carbocycles. The van der Waals surface area contributed by atoms with Crippen LogP contribution >= 0.6 is 0 Å². The van der Waals surface area contributed by atoms with E-state index in [9.17, 15) is 0 Å². The molecule has 0 saturated heterocycles. The van der Waals surface area contributed by atoms with Gasteiger partial charge >= 0.3 is 0 Å². The van der Waals surface area contributed by atoms with Crippen molar-refractivity contribution in [2.45, 2.75) is 12.5 Å². The molecule has 1 atom stereocenters.